The lowest BCUT2D eigenvalue weighted by Gasteiger charge is -2.13. The van der Waals surface area contributed by atoms with Crippen molar-refractivity contribution in [2.45, 2.75) is 19.4 Å². The van der Waals surface area contributed by atoms with Crippen LogP contribution in [-0.2, 0) is 17.8 Å². The largest absolute Gasteiger partial charge is 0.488 e. The van der Waals surface area contributed by atoms with Crippen LogP contribution in [0, 0.1) is 0 Å². The summed E-state index contributed by atoms with van der Waals surface area (Å²) >= 11 is 0. The third kappa shape index (κ3) is 3.57. The SMILES string of the molecule is CN(C)CC/C=C1/c2ccccc2COc2ccc(CC=O)cc21. The molecule has 3 nitrogen and oxygen atoms in total. The summed E-state index contributed by atoms with van der Waals surface area (Å²) in [5.74, 6) is 0.886. The van der Waals surface area contributed by atoms with E-state index in [9.17, 15) is 4.79 Å². The van der Waals surface area contributed by atoms with Gasteiger partial charge in [-0.05, 0) is 54.9 Å². The number of aldehydes is 1. The molecule has 0 saturated heterocycles. The molecular formula is C21H23NO2. The van der Waals surface area contributed by atoms with Gasteiger partial charge in [0.15, 0.2) is 0 Å². The van der Waals surface area contributed by atoms with Gasteiger partial charge in [-0.25, -0.2) is 0 Å². The number of hydrogen-bond acceptors (Lipinski definition) is 3. The number of ether oxygens (including phenoxy) is 1. The highest BCUT2D eigenvalue weighted by Gasteiger charge is 2.19. The topological polar surface area (TPSA) is 29.5 Å². The van der Waals surface area contributed by atoms with Crippen LogP contribution >= 0.6 is 0 Å². The second kappa shape index (κ2) is 7.45. The molecule has 0 N–H and O–H groups in total. The fraction of sp³-hybridized carbons (Fsp3) is 0.286. The zero-order valence-corrected chi connectivity index (χ0v) is 14.3. The molecule has 3 heteroatoms. The van der Waals surface area contributed by atoms with Gasteiger partial charge in [-0.1, -0.05) is 36.4 Å². The van der Waals surface area contributed by atoms with E-state index in [4.69, 9.17) is 4.74 Å². The Bertz CT molecular complexity index is 762. The maximum Gasteiger partial charge on any atom is 0.127 e. The van der Waals surface area contributed by atoms with Gasteiger partial charge in [-0.15, -0.1) is 0 Å². The van der Waals surface area contributed by atoms with E-state index in [0.29, 0.717) is 13.0 Å². The number of benzene rings is 2. The van der Waals surface area contributed by atoms with Gasteiger partial charge in [0.25, 0.3) is 0 Å². The van der Waals surface area contributed by atoms with Crippen LogP contribution in [0.1, 0.15) is 28.7 Å². The van der Waals surface area contributed by atoms with Crippen LogP contribution in [0.15, 0.2) is 48.5 Å². The molecule has 0 amide bonds. The van der Waals surface area contributed by atoms with E-state index in [1.54, 1.807) is 0 Å². The molecule has 0 aliphatic carbocycles. The number of fused-ring (bicyclic) bond motifs is 2. The third-order valence-corrected chi connectivity index (χ3v) is 4.27. The van der Waals surface area contributed by atoms with Gasteiger partial charge in [-0.2, -0.15) is 0 Å². The molecule has 0 fully saturated rings. The van der Waals surface area contributed by atoms with Crippen molar-refractivity contribution in [3.8, 4) is 5.75 Å². The lowest BCUT2D eigenvalue weighted by atomic mass is 9.92. The van der Waals surface area contributed by atoms with Crippen molar-refractivity contribution in [1.29, 1.82) is 0 Å². The molecule has 124 valence electrons. The maximum atomic E-state index is 10.9. The Kier molecular flexibility index (Phi) is 5.11. The van der Waals surface area contributed by atoms with Gasteiger partial charge >= 0.3 is 0 Å². The Morgan fingerprint density at radius 2 is 1.96 bits per heavy atom. The number of hydrogen-bond donors (Lipinski definition) is 0. The van der Waals surface area contributed by atoms with Crippen molar-refractivity contribution in [1.82, 2.24) is 4.90 Å². The highest BCUT2D eigenvalue weighted by Crippen LogP contribution is 2.37. The maximum absolute atomic E-state index is 10.9. The van der Waals surface area contributed by atoms with E-state index in [-0.39, 0.29) is 0 Å². The molecule has 0 spiro atoms. The second-order valence-electron chi connectivity index (χ2n) is 6.36. The number of rotatable bonds is 5. The Labute approximate surface area is 143 Å². The minimum Gasteiger partial charge on any atom is -0.488 e. The summed E-state index contributed by atoms with van der Waals surface area (Å²) in [5, 5.41) is 0. The first kappa shape index (κ1) is 16.5. The van der Waals surface area contributed by atoms with Crippen LogP contribution in [0.3, 0.4) is 0 Å². The molecule has 0 bridgehead atoms. The predicted molar refractivity (Wildman–Crippen MR) is 97.2 cm³/mol. The molecular weight excluding hydrogens is 298 g/mol. The minimum absolute atomic E-state index is 0.430. The fourth-order valence-electron chi connectivity index (χ4n) is 3.03. The Balaban J connectivity index is 2.09. The van der Waals surface area contributed by atoms with Crippen molar-refractivity contribution >= 4 is 11.9 Å². The summed E-state index contributed by atoms with van der Waals surface area (Å²) in [7, 11) is 4.16. The minimum atomic E-state index is 0.430. The zero-order valence-electron chi connectivity index (χ0n) is 14.3. The normalized spacial score (nSPS) is 14.7. The molecule has 1 aliphatic rings. The third-order valence-electron chi connectivity index (χ3n) is 4.27. The molecule has 0 aromatic heterocycles. The van der Waals surface area contributed by atoms with Gasteiger partial charge in [-0.3, -0.25) is 0 Å². The summed E-state index contributed by atoms with van der Waals surface area (Å²) in [5.41, 5.74) is 5.72. The molecule has 0 atom stereocenters. The summed E-state index contributed by atoms with van der Waals surface area (Å²) in [4.78, 5) is 13.1. The van der Waals surface area contributed by atoms with Crippen LogP contribution in [0.25, 0.3) is 5.57 Å². The average molecular weight is 321 g/mol. The summed E-state index contributed by atoms with van der Waals surface area (Å²) in [6.45, 7) is 1.57. The molecule has 2 aromatic carbocycles. The molecule has 0 unspecified atom stereocenters. The molecule has 3 rings (SSSR count). The highest BCUT2D eigenvalue weighted by molar-refractivity contribution is 5.85. The molecule has 0 radical (unpaired) electrons. The smallest absolute Gasteiger partial charge is 0.127 e. The van der Waals surface area contributed by atoms with Crippen LogP contribution in [0.5, 0.6) is 5.75 Å². The number of nitrogens with zero attached hydrogens (tertiary/aromatic N) is 1. The van der Waals surface area contributed by atoms with E-state index in [1.807, 2.05) is 18.2 Å². The second-order valence-corrected chi connectivity index (χ2v) is 6.36. The van der Waals surface area contributed by atoms with Crippen LogP contribution < -0.4 is 4.74 Å². The molecule has 2 aromatic rings. The van der Waals surface area contributed by atoms with Crippen molar-refractivity contribution in [2.24, 2.45) is 0 Å². The first-order valence-corrected chi connectivity index (χ1v) is 8.32. The molecule has 24 heavy (non-hydrogen) atoms. The van der Waals surface area contributed by atoms with Crippen molar-refractivity contribution in [2.75, 3.05) is 20.6 Å². The van der Waals surface area contributed by atoms with E-state index in [0.717, 1.165) is 36.1 Å². The lowest BCUT2D eigenvalue weighted by molar-refractivity contribution is -0.107. The molecule has 1 aliphatic heterocycles. The molecule has 1 heterocycles. The van der Waals surface area contributed by atoms with E-state index >= 15 is 0 Å². The number of carbonyl (C=O) groups is 1. The van der Waals surface area contributed by atoms with Gasteiger partial charge in [0, 0.05) is 18.5 Å². The van der Waals surface area contributed by atoms with Crippen molar-refractivity contribution < 1.29 is 9.53 Å². The van der Waals surface area contributed by atoms with Gasteiger partial charge in [0.1, 0.15) is 18.6 Å². The fourth-order valence-corrected chi connectivity index (χ4v) is 3.03. The zero-order chi connectivity index (χ0) is 16.9. The van der Waals surface area contributed by atoms with Gasteiger partial charge in [0.2, 0.25) is 0 Å². The number of carbonyl (C=O) groups excluding carboxylic acids is 1. The van der Waals surface area contributed by atoms with Gasteiger partial charge in [0.05, 0.1) is 0 Å². The first-order chi connectivity index (χ1) is 11.7. The summed E-state index contributed by atoms with van der Waals surface area (Å²) < 4.78 is 6.03. The quantitative estimate of drug-likeness (QED) is 0.786. The predicted octanol–water partition coefficient (Wildman–Crippen LogP) is 3.70. The highest BCUT2D eigenvalue weighted by atomic mass is 16.5. The van der Waals surface area contributed by atoms with E-state index < -0.39 is 0 Å². The van der Waals surface area contributed by atoms with E-state index in [1.165, 1.54) is 16.7 Å². The Morgan fingerprint density at radius 1 is 1.12 bits per heavy atom. The Morgan fingerprint density at radius 3 is 2.75 bits per heavy atom. The van der Waals surface area contributed by atoms with Crippen molar-refractivity contribution in [3.63, 3.8) is 0 Å². The molecule has 0 saturated carbocycles. The van der Waals surface area contributed by atoms with Gasteiger partial charge < -0.3 is 14.4 Å². The summed E-state index contributed by atoms with van der Waals surface area (Å²) in [6.07, 6.45) is 4.63. The Hall–Kier alpha value is -2.39. The lowest BCUT2D eigenvalue weighted by Crippen LogP contribution is -2.12. The van der Waals surface area contributed by atoms with Crippen LogP contribution in [-0.4, -0.2) is 31.8 Å². The first-order valence-electron chi connectivity index (χ1n) is 8.32. The van der Waals surface area contributed by atoms with Crippen LogP contribution in [0.4, 0.5) is 0 Å². The average Bonchev–Trinajstić information content (AvgIpc) is 2.72. The van der Waals surface area contributed by atoms with Crippen molar-refractivity contribution in [3.05, 3.63) is 70.8 Å². The summed E-state index contributed by atoms with van der Waals surface area (Å²) in [6, 6.07) is 14.4. The van der Waals surface area contributed by atoms with Crippen LogP contribution in [0.2, 0.25) is 0 Å². The van der Waals surface area contributed by atoms with E-state index in [2.05, 4.69) is 49.3 Å². The standard InChI is InChI=1S/C21H23NO2/c1-22(2)12-5-8-19-18-7-4-3-6-17(18)15-24-21-10-9-16(11-13-23)14-20(19)21/h3-4,6-10,13-14H,5,11-12,15H2,1-2H3/b19-8-. The monoisotopic (exact) mass is 321 g/mol.